The van der Waals surface area contributed by atoms with Gasteiger partial charge in [-0.3, -0.25) is 0 Å². The number of oxazole rings is 1. The van der Waals surface area contributed by atoms with Crippen molar-refractivity contribution in [3.05, 3.63) is 46.3 Å². The lowest BCUT2D eigenvalue weighted by Crippen LogP contribution is -2.04. The lowest BCUT2D eigenvalue weighted by molar-refractivity contribution is 0.0490. The van der Waals surface area contributed by atoms with Gasteiger partial charge in [0.25, 0.3) is 0 Å². The molecule has 0 atom stereocenters. The van der Waals surface area contributed by atoms with Crippen molar-refractivity contribution in [1.29, 1.82) is 0 Å². The quantitative estimate of drug-likeness (QED) is 0.573. The van der Waals surface area contributed by atoms with Crippen LogP contribution in [0.3, 0.4) is 0 Å². The van der Waals surface area contributed by atoms with Crippen LogP contribution in [0.15, 0.2) is 34.0 Å². The molecule has 0 aliphatic heterocycles. The Balaban J connectivity index is 2.03. The van der Waals surface area contributed by atoms with Crippen LogP contribution in [-0.4, -0.2) is 22.5 Å². The molecule has 7 nitrogen and oxygen atoms in total. The highest BCUT2D eigenvalue weighted by atomic mass is 16.5. The Kier molecular flexibility index (Phi) is 3.92. The van der Waals surface area contributed by atoms with Crippen molar-refractivity contribution < 1.29 is 13.9 Å². The maximum atomic E-state index is 11.8. The van der Waals surface area contributed by atoms with Gasteiger partial charge in [-0.25, -0.2) is 9.78 Å². The molecule has 3 aromatic rings. The number of carbonyl (C=O) groups excluding carboxylic acids is 1. The van der Waals surface area contributed by atoms with Crippen molar-refractivity contribution in [3.8, 4) is 11.5 Å². The Hall–Kier alpha value is -2.96. The number of nitrogens with zero attached hydrogens (tertiary/aromatic N) is 2. The average molecular weight is 313 g/mol. The van der Waals surface area contributed by atoms with Crippen molar-refractivity contribution in [2.75, 3.05) is 6.61 Å². The number of ether oxygens (including phenoxy) is 1. The van der Waals surface area contributed by atoms with Gasteiger partial charge in [0.2, 0.25) is 11.7 Å². The number of fused-ring (bicyclic) bond motifs is 1. The summed E-state index contributed by atoms with van der Waals surface area (Å²) in [7, 11) is 0. The molecule has 0 saturated heterocycles. The molecule has 2 heterocycles. The van der Waals surface area contributed by atoms with E-state index >= 15 is 0 Å². The number of benzene rings is 1. The average Bonchev–Trinajstić information content (AvgIpc) is 3.11. The summed E-state index contributed by atoms with van der Waals surface area (Å²) < 4.78 is 10.5. The molecule has 0 amide bonds. The van der Waals surface area contributed by atoms with E-state index in [4.69, 9.17) is 9.15 Å². The van der Waals surface area contributed by atoms with Crippen LogP contribution in [0.2, 0.25) is 0 Å². The predicted molar refractivity (Wildman–Crippen MR) is 84.0 cm³/mol. The van der Waals surface area contributed by atoms with E-state index in [1.54, 1.807) is 20.0 Å². The molecule has 23 heavy (non-hydrogen) atoms. The number of rotatable bonds is 5. The number of H-pyrrole nitrogens is 1. The molecule has 3 rings (SSSR count). The van der Waals surface area contributed by atoms with E-state index in [-0.39, 0.29) is 18.9 Å². The molecule has 7 heteroatoms. The van der Waals surface area contributed by atoms with Gasteiger partial charge in [-0.15, -0.1) is 0 Å². The first-order valence-electron chi connectivity index (χ1n) is 7.18. The smallest absolute Gasteiger partial charge is 0.376 e. The number of hydrogen-bond donors (Lipinski definition) is 1. The minimum Gasteiger partial charge on any atom is -0.460 e. The van der Waals surface area contributed by atoms with Gasteiger partial charge in [-0.2, -0.15) is 4.91 Å². The molecule has 1 aromatic carbocycles. The van der Waals surface area contributed by atoms with Gasteiger partial charge < -0.3 is 14.1 Å². The lowest BCUT2D eigenvalue weighted by Gasteiger charge is -1.99. The van der Waals surface area contributed by atoms with Crippen LogP contribution >= 0.6 is 0 Å². The molecule has 0 aliphatic carbocycles. The summed E-state index contributed by atoms with van der Waals surface area (Å²) in [5, 5.41) is 3.79. The molecule has 0 radical (unpaired) electrons. The Morgan fingerprint density at radius 2 is 2.26 bits per heavy atom. The molecule has 0 spiro atoms. The highest BCUT2D eigenvalue weighted by Gasteiger charge is 2.19. The summed E-state index contributed by atoms with van der Waals surface area (Å²) >= 11 is 0. The van der Waals surface area contributed by atoms with Gasteiger partial charge in [0.15, 0.2) is 0 Å². The Bertz CT molecular complexity index is 879. The van der Waals surface area contributed by atoms with Crippen LogP contribution in [0, 0.1) is 11.8 Å². The number of aryl methyl sites for hydroxylation is 1. The van der Waals surface area contributed by atoms with E-state index in [0.29, 0.717) is 17.1 Å². The zero-order valence-corrected chi connectivity index (χ0v) is 12.8. The van der Waals surface area contributed by atoms with Crippen LogP contribution in [0.4, 0.5) is 0 Å². The van der Waals surface area contributed by atoms with Gasteiger partial charge in [-0.05, 0) is 32.0 Å². The zero-order chi connectivity index (χ0) is 16.4. The van der Waals surface area contributed by atoms with Crippen molar-refractivity contribution in [1.82, 2.24) is 9.97 Å². The molecule has 0 unspecified atom stereocenters. The molecule has 1 N–H and O–H groups in total. The Labute approximate surface area is 131 Å². The van der Waals surface area contributed by atoms with Crippen molar-refractivity contribution >= 4 is 16.9 Å². The number of aromatic amines is 1. The number of nitroso groups, excluding NO2 is 1. The fourth-order valence-electron chi connectivity index (χ4n) is 2.42. The highest BCUT2D eigenvalue weighted by Crippen LogP contribution is 2.28. The molecule has 0 fully saturated rings. The number of aromatic nitrogens is 2. The van der Waals surface area contributed by atoms with E-state index in [9.17, 15) is 9.70 Å². The van der Waals surface area contributed by atoms with Crippen LogP contribution in [0.1, 0.15) is 28.7 Å². The SMILES string of the molecule is CCOC(=O)c1oc(-c2ccc3[nH]cc(CN=O)c3c2)nc1C. The monoisotopic (exact) mass is 313 g/mol. The normalized spacial score (nSPS) is 10.9. The second-order valence-corrected chi connectivity index (χ2v) is 5.02. The van der Waals surface area contributed by atoms with Gasteiger partial charge in [-0.1, -0.05) is 5.18 Å². The summed E-state index contributed by atoms with van der Waals surface area (Å²) in [5.74, 6) is -0.0956. The van der Waals surface area contributed by atoms with E-state index in [0.717, 1.165) is 16.5 Å². The minimum absolute atomic E-state index is 0.0855. The van der Waals surface area contributed by atoms with E-state index < -0.39 is 5.97 Å². The summed E-state index contributed by atoms with van der Waals surface area (Å²) in [5.41, 5.74) is 2.87. The maximum Gasteiger partial charge on any atom is 0.376 e. The fourth-order valence-corrected chi connectivity index (χ4v) is 2.42. The first kappa shape index (κ1) is 15.0. The first-order valence-corrected chi connectivity index (χ1v) is 7.18. The third-order valence-corrected chi connectivity index (χ3v) is 3.51. The number of nitrogens with one attached hydrogen (secondary N) is 1. The summed E-state index contributed by atoms with van der Waals surface area (Å²) in [6.45, 7) is 3.77. The van der Waals surface area contributed by atoms with E-state index in [1.807, 2.05) is 18.2 Å². The fraction of sp³-hybridized carbons (Fsp3) is 0.250. The highest BCUT2D eigenvalue weighted by molar-refractivity contribution is 5.89. The summed E-state index contributed by atoms with van der Waals surface area (Å²) in [6.07, 6.45) is 1.75. The van der Waals surface area contributed by atoms with Crippen LogP contribution < -0.4 is 0 Å². The molecule has 0 bridgehead atoms. The zero-order valence-electron chi connectivity index (χ0n) is 12.8. The van der Waals surface area contributed by atoms with Crippen molar-refractivity contribution in [2.24, 2.45) is 5.18 Å². The molecule has 2 aromatic heterocycles. The third kappa shape index (κ3) is 2.73. The van der Waals surface area contributed by atoms with Crippen molar-refractivity contribution in [3.63, 3.8) is 0 Å². The van der Waals surface area contributed by atoms with Gasteiger partial charge in [0.1, 0.15) is 6.54 Å². The van der Waals surface area contributed by atoms with Gasteiger partial charge in [0.05, 0.1) is 12.3 Å². The molecular weight excluding hydrogens is 298 g/mol. The van der Waals surface area contributed by atoms with Gasteiger partial charge in [0, 0.05) is 28.2 Å². The number of esters is 1. The van der Waals surface area contributed by atoms with Gasteiger partial charge >= 0.3 is 5.97 Å². The van der Waals surface area contributed by atoms with Crippen LogP contribution in [0.25, 0.3) is 22.4 Å². The molecule has 118 valence electrons. The topological polar surface area (TPSA) is 97.5 Å². The minimum atomic E-state index is -0.530. The molecular formula is C16H15N3O4. The van der Waals surface area contributed by atoms with Crippen LogP contribution in [-0.2, 0) is 11.3 Å². The second-order valence-electron chi connectivity index (χ2n) is 5.02. The van der Waals surface area contributed by atoms with E-state index in [2.05, 4.69) is 15.1 Å². The van der Waals surface area contributed by atoms with Crippen LogP contribution in [0.5, 0.6) is 0 Å². The first-order chi connectivity index (χ1) is 11.1. The second kappa shape index (κ2) is 6.04. The maximum absolute atomic E-state index is 11.8. The summed E-state index contributed by atoms with van der Waals surface area (Å²) in [4.78, 5) is 29.7. The Morgan fingerprint density at radius 1 is 1.43 bits per heavy atom. The van der Waals surface area contributed by atoms with E-state index in [1.165, 1.54) is 0 Å². The summed E-state index contributed by atoms with van der Waals surface area (Å²) in [6, 6.07) is 5.55. The standard InChI is InChI=1S/C16H15N3O4/c1-3-22-16(20)14-9(2)19-15(23-14)10-4-5-13-12(6-10)11(7-17-13)8-18-21/h4-7,17H,3,8H2,1-2H3. The third-order valence-electron chi connectivity index (χ3n) is 3.51. The predicted octanol–water partition coefficient (Wildman–Crippen LogP) is 3.57. The molecule has 0 saturated carbocycles. The molecule has 0 aliphatic rings. The number of carbonyl (C=O) groups is 1. The Morgan fingerprint density at radius 3 is 3.00 bits per heavy atom. The van der Waals surface area contributed by atoms with Crippen molar-refractivity contribution in [2.45, 2.75) is 20.4 Å². The number of hydrogen-bond acceptors (Lipinski definition) is 6. The lowest BCUT2D eigenvalue weighted by atomic mass is 10.1. The largest absolute Gasteiger partial charge is 0.460 e.